The zero-order chi connectivity index (χ0) is 19.5. The third-order valence-corrected chi connectivity index (χ3v) is 5.90. The molecule has 1 aromatic carbocycles. The van der Waals surface area contributed by atoms with Crippen molar-refractivity contribution in [2.45, 2.75) is 32.6 Å². The zero-order valence-corrected chi connectivity index (χ0v) is 16.3. The van der Waals surface area contributed by atoms with Gasteiger partial charge in [-0.1, -0.05) is 12.1 Å². The van der Waals surface area contributed by atoms with Gasteiger partial charge in [0.05, 0.1) is 17.7 Å². The van der Waals surface area contributed by atoms with Crippen LogP contribution < -0.4 is 5.32 Å². The Kier molecular flexibility index (Phi) is 5.25. The van der Waals surface area contributed by atoms with E-state index >= 15 is 0 Å². The van der Waals surface area contributed by atoms with E-state index in [4.69, 9.17) is 9.15 Å². The number of esters is 1. The highest BCUT2D eigenvalue weighted by Gasteiger charge is 2.26. The summed E-state index contributed by atoms with van der Waals surface area (Å²) in [5.41, 5.74) is 3.23. The van der Waals surface area contributed by atoms with Gasteiger partial charge in [0.25, 0.3) is 0 Å². The number of ether oxygens (including phenoxy) is 1. The molecular weight excluding hydrogens is 376 g/mol. The Labute approximate surface area is 166 Å². The van der Waals surface area contributed by atoms with Gasteiger partial charge in [0.15, 0.2) is 11.9 Å². The van der Waals surface area contributed by atoms with Gasteiger partial charge in [-0.2, -0.15) is 0 Å². The maximum absolute atomic E-state index is 12.5. The molecule has 0 saturated carbocycles. The highest BCUT2D eigenvalue weighted by atomic mass is 32.1. The minimum atomic E-state index is -0.327. The molecule has 0 fully saturated rings. The molecule has 0 aliphatic heterocycles. The van der Waals surface area contributed by atoms with Crippen LogP contribution in [0.25, 0.3) is 16.7 Å². The molecule has 0 amide bonds. The van der Waals surface area contributed by atoms with Gasteiger partial charge in [0, 0.05) is 11.1 Å². The van der Waals surface area contributed by atoms with E-state index in [1.165, 1.54) is 11.1 Å². The fraction of sp³-hybridized carbons (Fsp3) is 0.286. The second-order valence-electron chi connectivity index (χ2n) is 6.48. The number of aryl methyl sites for hydroxylation is 1. The number of allylic oxidation sites excluding steroid dienone is 1. The minimum Gasteiger partial charge on any atom is -0.462 e. The maximum Gasteiger partial charge on any atom is 0.341 e. The van der Waals surface area contributed by atoms with Crippen molar-refractivity contribution in [3.8, 4) is 0 Å². The SMILES string of the molecule is CCOC(=O)c1c(N/C=C(\C=O)c2nc3ccccc3o2)sc2c1CCCC2. The number of hydrogen-bond acceptors (Lipinski definition) is 7. The minimum absolute atomic E-state index is 0.239. The quantitative estimate of drug-likeness (QED) is 0.373. The number of nitrogens with one attached hydrogen (secondary N) is 1. The molecule has 1 N–H and O–H groups in total. The van der Waals surface area contributed by atoms with Crippen LogP contribution in [0.4, 0.5) is 5.00 Å². The smallest absolute Gasteiger partial charge is 0.341 e. The normalized spacial score (nSPS) is 14.0. The Balaban J connectivity index is 1.68. The van der Waals surface area contributed by atoms with Crippen molar-refractivity contribution in [2.24, 2.45) is 0 Å². The lowest BCUT2D eigenvalue weighted by molar-refractivity contribution is -0.103. The average Bonchev–Trinajstić information content (AvgIpc) is 3.29. The number of carbonyl (C=O) groups is 2. The number of rotatable bonds is 6. The Morgan fingerprint density at radius 3 is 2.93 bits per heavy atom. The second kappa shape index (κ2) is 7.98. The molecule has 2 aromatic heterocycles. The van der Waals surface area contributed by atoms with Crippen molar-refractivity contribution >= 4 is 45.3 Å². The summed E-state index contributed by atoms with van der Waals surface area (Å²) < 4.78 is 10.9. The molecule has 0 spiro atoms. The van der Waals surface area contributed by atoms with E-state index in [1.807, 2.05) is 18.2 Å². The van der Waals surface area contributed by atoms with Gasteiger partial charge in [0.2, 0.25) is 5.89 Å². The van der Waals surface area contributed by atoms with Crippen molar-refractivity contribution in [2.75, 3.05) is 11.9 Å². The lowest BCUT2D eigenvalue weighted by atomic mass is 9.95. The number of oxazole rings is 1. The number of thiophene rings is 1. The maximum atomic E-state index is 12.5. The van der Waals surface area contributed by atoms with Crippen LogP contribution in [-0.4, -0.2) is 23.8 Å². The number of nitrogens with zero attached hydrogens (tertiary/aromatic N) is 1. The fourth-order valence-corrected chi connectivity index (χ4v) is 4.62. The number of fused-ring (bicyclic) bond motifs is 2. The zero-order valence-electron chi connectivity index (χ0n) is 15.5. The van der Waals surface area contributed by atoms with Crippen LogP contribution in [0, 0.1) is 0 Å². The summed E-state index contributed by atoms with van der Waals surface area (Å²) in [6.45, 7) is 2.11. The number of carbonyl (C=O) groups excluding carboxylic acids is 2. The third-order valence-electron chi connectivity index (χ3n) is 4.68. The molecule has 6 nitrogen and oxygen atoms in total. The average molecular weight is 396 g/mol. The van der Waals surface area contributed by atoms with Crippen LogP contribution in [0.2, 0.25) is 0 Å². The molecule has 28 heavy (non-hydrogen) atoms. The number of benzene rings is 1. The molecule has 1 aliphatic rings. The number of hydrogen-bond donors (Lipinski definition) is 1. The van der Waals surface area contributed by atoms with Crippen molar-refractivity contribution in [3.63, 3.8) is 0 Å². The molecule has 0 radical (unpaired) electrons. The van der Waals surface area contributed by atoms with E-state index in [-0.39, 0.29) is 17.4 Å². The van der Waals surface area contributed by atoms with E-state index in [9.17, 15) is 9.59 Å². The first kappa shape index (κ1) is 18.4. The summed E-state index contributed by atoms with van der Waals surface area (Å²) in [5, 5.41) is 3.82. The lowest BCUT2D eigenvalue weighted by Crippen LogP contribution is -2.10. The predicted molar refractivity (Wildman–Crippen MR) is 109 cm³/mol. The van der Waals surface area contributed by atoms with Gasteiger partial charge in [-0.3, -0.25) is 4.79 Å². The number of para-hydroxylation sites is 2. The predicted octanol–water partition coefficient (Wildman–Crippen LogP) is 4.60. The highest BCUT2D eigenvalue weighted by Crippen LogP contribution is 2.38. The van der Waals surface area contributed by atoms with Crippen molar-refractivity contribution in [3.05, 3.63) is 52.4 Å². The first-order valence-electron chi connectivity index (χ1n) is 9.30. The number of anilines is 1. The number of aromatic nitrogens is 1. The Bertz CT molecular complexity index is 1030. The Morgan fingerprint density at radius 1 is 1.32 bits per heavy atom. The summed E-state index contributed by atoms with van der Waals surface area (Å²) in [5.74, 6) is -0.0879. The summed E-state index contributed by atoms with van der Waals surface area (Å²) in [7, 11) is 0. The van der Waals surface area contributed by atoms with E-state index in [1.54, 1.807) is 24.3 Å². The first-order valence-corrected chi connectivity index (χ1v) is 10.1. The van der Waals surface area contributed by atoms with E-state index in [0.717, 1.165) is 31.2 Å². The Morgan fingerprint density at radius 2 is 2.14 bits per heavy atom. The fourth-order valence-electron chi connectivity index (χ4n) is 3.37. The van der Waals surface area contributed by atoms with Crippen molar-refractivity contribution in [1.82, 2.24) is 4.98 Å². The molecule has 0 bridgehead atoms. The van der Waals surface area contributed by atoms with Crippen LogP contribution in [0.3, 0.4) is 0 Å². The van der Waals surface area contributed by atoms with Gasteiger partial charge >= 0.3 is 5.97 Å². The molecule has 144 valence electrons. The van der Waals surface area contributed by atoms with Crippen molar-refractivity contribution in [1.29, 1.82) is 0 Å². The van der Waals surface area contributed by atoms with E-state index < -0.39 is 0 Å². The monoisotopic (exact) mass is 396 g/mol. The largest absolute Gasteiger partial charge is 0.462 e. The second-order valence-corrected chi connectivity index (χ2v) is 7.59. The van der Waals surface area contributed by atoms with Crippen LogP contribution in [0.1, 0.15) is 46.5 Å². The van der Waals surface area contributed by atoms with Gasteiger partial charge in [-0.15, -0.1) is 11.3 Å². The Hall–Kier alpha value is -2.93. The molecule has 4 rings (SSSR count). The van der Waals surface area contributed by atoms with Gasteiger partial charge < -0.3 is 14.5 Å². The molecule has 0 unspecified atom stereocenters. The summed E-state index contributed by atoms with van der Waals surface area (Å²) in [4.78, 5) is 29.7. The lowest BCUT2D eigenvalue weighted by Gasteiger charge is -2.12. The highest BCUT2D eigenvalue weighted by molar-refractivity contribution is 7.16. The molecule has 7 heteroatoms. The molecule has 2 heterocycles. The number of aldehydes is 1. The van der Waals surface area contributed by atoms with Crippen molar-refractivity contribution < 1.29 is 18.7 Å². The van der Waals surface area contributed by atoms with E-state index in [0.29, 0.717) is 34.6 Å². The van der Waals surface area contributed by atoms with Crippen LogP contribution in [0.15, 0.2) is 34.9 Å². The van der Waals surface area contributed by atoms with Crippen LogP contribution in [-0.2, 0) is 22.4 Å². The molecule has 3 aromatic rings. The summed E-state index contributed by atoms with van der Waals surface area (Å²) in [6.07, 6.45) is 6.24. The topological polar surface area (TPSA) is 81.4 Å². The van der Waals surface area contributed by atoms with Crippen LogP contribution in [0.5, 0.6) is 0 Å². The first-order chi connectivity index (χ1) is 13.7. The molecule has 0 atom stereocenters. The van der Waals surface area contributed by atoms with E-state index in [2.05, 4.69) is 10.3 Å². The standard InChI is InChI=1S/C21H20N2O4S/c1-2-26-21(25)18-14-7-3-6-10-17(14)28-20(18)22-11-13(12-24)19-23-15-8-4-5-9-16(15)27-19/h4-5,8-9,11-12,22H,2-3,6-7,10H2,1H3/b13-11+. The third kappa shape index (κ3) is 3.45. The van der Waals surface area contributed by atoms with Crippen LogP contribution >= 0.6 is 11.3 Å². The summed E-state index contributed by atoms with van der Waals surface area (Å²) >= 11 is 1.55. The van der Waals surface area contributed by atoms with Gasteiger partial charge in [-0.05, 0) is 50.3 Å². The molecule has 1 aliphatic carbocycles. The van der Waals surface area contributed by atoms with Gasteiger partial charge in [-0.25, -0.2) is 9.78 Å². The van der Waals surface area contributed by atoms with Gasteiger partial charge in [0.1, 0.15) is 10.5 Å². The molecule has 0 saturated heterocycles. The summed E-state index contributed by atoms with van der Waals surface area (Å²) in [6, 6.07) is 7.33. The molecular formula is C21H20N2O4S.